The van der Waals surface area contributed by atoms with Gasteiger partial charge in [0.2, 0.25) is 5.91 Å². The largest absolute Gasteiger partial charge is 0.483 e. The predicted molar refractivity (Wildman–Crippen MR) is 165 cm³/mol. The van der Waals surface area contributed by atoms with Gasteiger partial charge in [0, 0.05) is 43.0 Å². The molecule has 1 amide bonds. The minimum Gasteiger partial charge on any atom is -0.483 e. The van der Waals surface area contributed by atoms with Crippen LogP contribution >= 0.6 is 23.2 Å². The van der Waals surface area contributed by atoms with Crippen LogP contribution < -0.4 is 9.47 Å². The number of carbonyl (C=O) groups excluding carboxylic acids is 2. The average molecular weight is 628 g/mol. The van der Waals surface area contributed by atoms with Crippen LogP contribution in [0.25, 0.3) is 0 Å². The lowest BCUT2D eigenvalue weighted by Crippen LogP contribution is -2.69. The number of nitrogens with zero attached hydrogens (tertiary/aromatic N) is 2. The molecule has 0 radical (unpaired) electrons. The third-order valence-electron chi connectivity index (χ3n) is 10.6. The molecule has 2 bridgehead atoms. The van der Waals surface area contributed by atoms with Crippen LogP contribution in [0.3, 0.4) is 0 Å². The van der Waals surface area contributed by atoms with Crippen LogP contribution in [0.2, 0.25) is 10.0 Å². The van der Waals surface area contributed by atoms with Gasteiger partial charge in [-0.25, -0.2) is 0 Å². The van der Waals surface area contributed by atoms with Gasteiger partial charge in [-0.15, -0.1) is 0 Å². The van der Waals surface area contributed by atoms with E-state index in [2.05, 4.69) is 29.7 Å². The van der Waals surface area contributed by atoms with Gasteiger partial charge in [0.05, 0.1) is 28.6 Å². The average Bonchev–Trinajstić information content (AvgIpc) is 3.53. The van der Waals surface area contributed by atoms with Gasteiger partial charge in [0.15, 0.2) is 11.5 Å². The lowest BCUT2D eigenvalue weighted by Gasteiger charge is -2.60. The number of halogens is 2. The summed E-state index contributed by atoms with van der Waals surface area (Å²) >= 11 is 12.5. The van der Waals surface area contributed by atoms with Crippen LogP contribution in [0.1, 0.15) is 63.1 Å². The highest BCUT2D eigenvalue weighted by molar-refractivity contribution is 6.42. The number of carbonyl (C=O) groups is 2. The number of hydrogen-bond acceptors (Lipinski definition) is 6. The Labute approximate surface area is 263 Å². The maximum Gasteiger partial charge on any atom is 0.308 e. The zero-order valence-electron chi connectivity index (χ0n) is 25.0. The first-order valence-corrected chi connectivity index (χ1v) is 16.5. The minimum atomic E-state index is -0.370. The quantitative estimate of drug-likeness (QED) is 0.311. The van der Waals surface area contributed by atoms with Crippen LogP contribution in [-0.2, 0) is 27.8 Å². The summed E-state index contributed by atoms with van der Waals surface area (Å²) in [4.78, 5) is 31.0. The van der Waals surface area contributed by atoms with Gasteiger partial charge in [0.1, 0.15) is 6.10 Å². The van der Waals surface area contributed by atoms with E-state index in [1.165, 1.54) is 18.1 Å². The fraction of sp³-hybridized carbons (Fsp3) is 0.588. The number of amides is 1. The van der Waals surface area contributed by atoms with Gasteiger partial charge in [-0.3, -0.25) is 14.5 Å². The maximum atomic E-state index is 14.2. The van der Waals surface area contributed by atoms with Gasteiger partial charge in [-0.2, -0.15) is 0 Å². The second kappa shape index (κ2) is 10.9. The molecule has 2 aliphatic heterocycles. The summed E-state index contributed by atoms with van der Waals surface area (Å²) in [6.07, 6.45) is 4.40. The van der Waals surface area contributed by atoms with Crippen molar-refractivity contribution in [1.29, 1.82) is 0 Å². The molecule has 2 heterocycles. The molecule has 1 saturated heterocycles. The summed E-state index contributed by atoms with van der Waals surface area (Å²) in [7, 11) is 0. The van der Waals surface area contributed by atoms with Crippen LogP contribution in [-0.4, -0.2) is 70.7 Å². The third-order valence-corrected chi connectivity index (χ3v) is 11.4. The first kappa shape index (κ1) is 29.4. The maximum absolute atomic E-state index is 14.2. The molecule has 5 aliphatic rings. The summed E-state index contributed by atoms with van der Waals surface area (Å²) in [6, 6.07) is 9.64. The monoisotopic (exact) mass is 626 g/mol. The summed E-state index contributed by atoms with van der Waals surface area (Å²) in [5.74, 6) is 1.86. The van der Waals surface area contributed by atoms with E-state index >= 15 is 0 Å². The highest BCUT2D eigenvalue weighted by Crippen LogP contribution is 2.64. The molecule has 0 aromatic heterocycles. The van der Waals surface area contributed by atoms with Gasteiger partial charge >= 0.3 is 5.97 Å². The zero-order chi connectivity index (χ0) is 30.2. The first-order valence-electron chi connectivity index (χ1n) is 15.7. The van der Waals surface area contributed by atoms with E-state index in [1.807, 2.05) is 12.1 Å². The molecule has 7 atom stereocenters. The standard InChI is InChI=1S/C34H40Cl2N2O5/c1-18(2)16-38(30(41)13-20-4-7-24(35)25(36)12-20)26-8-6-23-27-14-21-5-9-29(42-19(3)39)32-31(21)34(23,33(26)43-32)10-11-37(27)17-22-15-28(22)40/h4-5,7,9,12,18,22-23,26-28,33,40H,6,8,10-11,13-17H2,1-3H3/t22?,23-,26+,27+,28?,33-,34-/m0/s1. The van der Waals surface area contributed by atoms with E-state index in [4.69, 9.17) is 32.7 Å². The Morgan fingerprint density at radius 3 is 2.67 bits per heavy atom. The number of aliphatic hydroxyl groups is 1. The molecule has 3 fully saturated rings. The molecule has 2 unspecified atom stereocenters. The van der Waals surface area contributed by atoms with E-state index in [0.717, 1.165) is 50.8 Å². The van der Waals surface area contributed by atoms with E-state index in [9.17, 15) is 14.7 Å². The van der Waals surface area contributed by atoms with Crippen LogP contribution in [0.5, 0.6) is 11.5 Å². The molecule has 2 saturated carbocycles. The smallest absolute Gasteiger partial charge is 0.308 e. The highest BCUT2D eigenvalue weighted by atomic mass is 35.5. The van der Waals surface area contributed by atoms with E-state index in [0.29, 0.717) is 46.0 Å². The van der Waals surface area contributed by atoms with Crippen LogP contribution in [0.15, 0.2) is 30.3 Å². The van der Waals surface area contributed by atoms with Crippen molar-refractivity contribution in [2.24, 2.45) is 17.8 Å². The fourth-order valence-electron chi connectivity index (χ4n) is 8.84. The Kier molecular flexibility index (Phi) is 7.48. The van der Waals surface area contributed by atoms with Gasteiger partial charge < -0.3 is 19.5 Å². The van der Waals surface area contributed by atoms with Crippen molar-refractivity contribution in [3.8, 4) is 11.5 Å². The number of benzene rings is 2. The summed E-state index contributed by atoms with van der Waals surface area (Å²) in [6.45, 7) is 8.20. The lowest BCUT2D eigenvalue weighted by atomic mass is 9.51. The molecule has 7 nitrogen and oxygen atoms in total. The fourth-order valence-corrected chi connectivity index (χ4v) is 9.16. The number of hydrogen-bond donors (Lipinski definition) is 1. The molecule has 9 heteroatoms. The Bertz CT molecular complexity index is 1460. The SMILES string of the molecule is CC(=O)Oc1ccc2c3c1O[C@H]1[C@H](N(CC(C)C)C(=O)Cc4ccc(Cl)c(Cl)c4)CC[C@H]4[C@@H](C2)N(CC2CC2O)CC[C@@]341. The lowest BCUT2D eigenvalue weighted by molar-refractivity contribution is -0.143. The summed E-state index contributed by atoms with van der Waals surface area (Å²) in [5, 5.41) is 11.1. The molecule has 7 rings (SSSR count). The van der Waals surface area contributed by atoms with Crippen molar-refractivity contribution in [3.63, 3.8) is 0 Å². The van der Waals surface area contributed by atoms with Crippen molar-refractivity contribution in [2.75, 3.05) is 19.6 Å². The van der Waals surface area contributed by atoms with Crippen molar-refractivity contribution in [1.82, 2.24) is 9.80 Å². The van der Waals surface area contributed by atoms with E-state index in [1.54, 1.807) is 12.1 Å². The van der Waals surface area contributed by atoms with Crippen molar-refractivity contribution < 1.29 is 24.2 Å². The molecular weight excluding hydrogens is 587 g/mol. The van der Waals surface area contributed by atoms with Gasteiger partial charge in [-0.1, -0.05) is 49.2 Å². The zero-order valence-corrected chi connectivity index (χ0v) is 26.5. The van der Waals surface area contributed by atoms with Gasteiger partial charge in [0.25, 0.3) is 0 Å². The Hall–Kier alpha value is -2.32. The second-order valence-electron chi connectivity index (χ2n) is 13.8. The molecule has 43 heavy (non-hydrogen) atoms. The molecule has 2 aromatic carbocycles. The highest BCUT2D eigenvalue weighted by Gasteiger charge is 2.67. The Morgan fingerprint density at radius 2 is 1.98 bits per heavy atom. The molecule has 230 valence electrons. The predicted octanol–water partition coefficient (Wildman–Crippen LogP) is 5.43. The number of likely N-dealkylation sites (tertiary alicyclic amines) is 1. The summed E-state index contributed by atoms with van der Waals surface area (Å²) < 4.78 is 12.7. The van der Waals surface area contributed by atoms with Crippen LogP contribution in [0.4, 0.5) is 0 Å². The topological polar surface area (TPSA) is 79.3 Å². The number of ether oxygens (including phenoxy) is 2. The minimum absolute atomic E-state index is 0.0550. The molecular formula is C34H40Cl2N2O5. The number of piperidine rings is 1. The molecule has 1 spiro atoms. The summed E-state index contributed by atoms with van der Waals surface area (Å²) in [5.41, 5.74) is 3.04. The van der Waals surface area contributed by atoms with Gasteiger partial charge in [-0.05, 0) is 79.8 Å². The Morgan fingerprint density at radius 1 is 1.19 bits per heavy atom. The third kappa shape index (κ3) is 4.95. The number of rotatable bonds is 8. The second-order valence-corrected chi connectivity index (χ2v) is 14.6. The Balaban J connectivity index is 1.27. The van der Waals surface area contributed by atoms with Crippen molar-refractivity contribution >= 4 is 35.1 Å². The van der Waals surface area contributed by atoms with E-state index in [-0.39, 0.29) is 47.9 Å². The van der Waals surface area contributed by atoms with Crippen molar-refractivity contribution in [3.05, 3.63) is 57.1 Å². The van der Waals surface area contributed by atoms with Crippen LogP contribution in [0, 0.1) is 17.8 Å². The van der Waals surface area contributed by atoms with E-state index < -0.39 is 0 Å². The van der Waals surface area contributed by atoms with Crippen molar-refractivity contribution in [2.45, 2.75) is 89.0 Å². The normalized spacial score (nSPS) is 31.8. The molecule has 1 N–H and O–H groups in total. The molecule has 2 aromatic rings. The number of esters is 1. The first-order chi connectivity index (χ1) is 20.6. The molecule has 3 aliphatic carbocycles. The number of aliphatic hydroxyl groups excluding tert-OH is 1.